The van der Waals surface area contributed by atoms with Crippen LogP contribution in [0.5, 0.6) is 0 Å². The largest absolute Gasteiger partial charge is 0.381 e. The quantitative estimate of drug-likeness (QED) is 0.188. The number of anilines is 2. The first-order chi connectivity index (χ1) is 25.3. The molecule has 0 amide bonds. The highest BCUT2D eigenvalue weighted by atomic mass is 32.2. The summed E-state index contributed by atoms with van der Waals surface area (Å²) in [5.74, 6) is 0. The molecule has 51 heavy (non-hydrogen) atoms. The molecule has 0 saturated heterocycles. The van der Waals surface area contributed by atoms with E-state index >= 15 is 0 Å². The average Bonchev–Trinajstić information content (AvgIpc) is 3.20. The number of hydrogen-bond acceptors (Lipinski definition) is 4. The first-order valence-electron chi connectivity index (χ1n) is 17.2. The minimum atomic E-state index is 0.832. The van der Waals surface area contributed by atoms with Crippen LogP contribution in [0.1, 0.15) is 5.56 Å². The van der Waals surface area contributed by atoms with Crippen LogP contribution in [0.25, 0.3) is 50.2 Å². The Labute approximate surface area is 308 Å². The van der Waals surface area contributed by atoms with E-state index in [2.05, 4.69) is 187 Å². The summed E-state index contributed by atoms with van der Waals surface area (Å²) in [4.78, 5) is 4.97. The van der Waals surface area contributed by atoms with Crippen molar-refractivity contribution >= 4 is 40.6 Å². The second-order valence-electron chi connectivity index (χ2n) is 12.6. The normalized spacial score (nSPS) is 13.1. The molecule has 0 aromatic heterocycles. The lowest BCUT2D eigenvalue weighted by Crippen LogP contribution is -2.14. The number of rotatable bonds is 5. The third kappa shape index (κ3) is 6.29. The minimum Gasteiger partial charge on any atom is -0.381 e. The summed E-state index contributed by atoms with van der Waals surface area (Å²) < 4.78 is 0. The minimum absolute atomic E-state index is 0.832. The van der Waals surface area contributed by atoms with Crippen molar-refractivity contribution in [2.24, 2.45) is 0 Å². The van der Waals surface area contributed by atoms with Gasteiger partial charge in [-0.2, -0.15) is 0 Å². The van der Waals surface area contributed by atoms with Crippen LogP contribution >= 0.6 is 23.5 Å². The highest BCUT2D eigenvalue weighted by Gasteiger charge is 2.23. The summed E-state index contributed by atoms with van der Waals surface area (Å²) in [6, 6.07) is 59.4. The molecule has 7 aromatic rings. The highest BCUT2D eigenvalue weighted by Crippen LogP contribution is 2.51. The van der Waals surface area contributed by atoms with Crippen LogP contribution in [0.3, 0.4) is 0 Å². The number of benzene rings is 7. The van der Waals surface area contributed by atoms with E-state index in [9.17, 15) is 0 Å². The molecule has 0 aliphatic carbocycles. The Hall–Kier alpha value is -5.68. The van der Waals surface area contributed by atoms with E-state index in [1.54, 1.807) is 0 Å². The van der Waals surface area contributed by atoms with E-state index in [-0.39, 0.29) is 0 Å². The van der Waals surface area contributed by atoms with Gasteiger partial charge in [-0.3, -0.25) is 0 Å². The summed E-state index contributed by atoms with van der Waals surface area (Å²) >= 11 is 3.72. The number of para-hydroxylation sites is 1. The van der Waals surface area contributed by atoms with E-state index in [0.29, 0.717) is 0 Å². The number of dihydropyridines is 1. The van der Waals surface area contributed by atoms with Crippen LogP contribution in [-0.4, -0.2) is 6.54 Å². The van der Waals surface area contributed by atoms with Crippen LogP contribution in [-0.2, 0) is 0 Å². The molecule has 0 spiro atoms. The molecule has 2 heterocycles. The molecule has 2 aliphatic heterocycles. The molecule has 244 valence electrons. The van der Waals surface area contributed by atoms with Gasteiger partial charge in [0.15, 0.2) is 0 Å². The predicted octanol–water partition coefficient (Wildman–Crippen LogP) is 13.2. The first kappa shape index (κ1) is 31.3. The van der Waals surface area contributed by atoms with Gasteiger partial charge in [0.2, 0.25) is 0 Å². The predicted molar refractivity (Wildman–Crippen MR) is 218 cm³/mol. The molecular formula is C47H34N2S2. The van der Waals surface area contributed by atoms with Crippen molar-refractivity contribution in [3.63, 3.8) is 0 Å². The lowest BCUT2D eigenvalue weighted by atomic mass is 9.91. The molecule has 2 N–H and O–H groups in total. The summed E-state index contributed by atoms with van der Waals surface area (Å²) in [6.07, 6.45) is 6.46. The molecule has 0 bridgehead atoms. The Morgan fingerprint density at radius 2 is 1.10 bits per heavy atom. The van der Waals surface area contributed by atoms with Gasteiger partial charge >= 0.3 is 0 Å². The van der Waals surface area contributed by atoms with Crippen molar-refractivity contribution in [1.82, 2.24) is 5.32 Å². The summed E-state index contributed by atoms with van der Waals surface area (Å²) in [7, 11) is 0. The van der Waals surface area contributed by atoms with Gasteiger partial charge in [-0.15, -0.1) is 0 Å². The summed E-state index contributed by atoms with van der Waals surface area (Å²) in [5, 5.41) is 7.28. The number of nitrogens with one attached hydrogen (secondary N) is 2. The number of fused-ring (bicyclic) bond motifs is 6. The maximum Gasteiger partial charge on any atom is 0.0464 e. The molecule has 2 nitrogen and oxygen atoms in total. The van der Waals surface area contributed by atoms with E-state index in [0.717, 1.165) is 29.2 Å². The lowest BCUT2D eigenvalue weighted by Gasteiger charge is -2.23. The van der Waals surface area contributed by atoms with Crippen LogP contribution in [0.4, 0.5) is 11.4 Å². The van der Waals surface area contributed by atoms with Crippen LogP contribution in [0.2, 0.25) is 0 Å². The monoisotopic (exact) mass is 690 g/mol. The van der Waals surface area contributed by atoms with Gasteiger partial charge in [0.1, 0.15) is 0 Å². The van der Waals surface area contributed by atoms with E-state index < -0.39 is 0 Å². The Morgan fingerprint density at radius 3 is 1.84 bits per heavy atom. The number of hydrogen-bond donors (Lipinski definition) is 2. The second kappa shape index (κ2) is 13.9. The maximum atomic E-state index is 3.70. The van der Waals surface area contributed by atoms with E-state index in [4.69, 9.17) is 0 Å². The van der Waals surface area contributed by atoms with Crippen molar-refractivity contribution in [3.05, 3.63) is 188 Å². The van der Waals surface area contributed by atoms with E-state index in [1.807, 2.05) is 29.6 Å². The molecule has 0 atom stereocenters. The van der Waals surface area contributed by atoms with Gasteiger partial charge in [-0.25, -0.2) is 0 Å². The molecule has 7 aromatic carbocycles. The number of allylic oxidation sites excluding steroid dienone is 2. The maximum absolute atomic E-state index is 3.70. The fourth-order valence-corrected chi connectivity index (χ4v) is 9.20. The van der Waals surface area contributed by atoms with Crippen molar-refractivity contribution in [3.8, 4) is 44.5 Å². The third-order valence-electron chi connectivity index (χ3n) is 9.37. The van der Waals surface area contributed by atoms with Gasteiger partial charge in [-0.05, 0) is 93.6 Å². The fourth-order valence-electron chi connectivity index (χ4n) is 6.92. The van der Waals surface area contributed by atoms with Crippen molar-refractivity contribution in [1.29, 1.82) is 0 Å². The fraction of sp³-hybridized carbons (Fsp3) is 0.0213. The zero-order chi connectivity index (χ0) is 34.0. The van der Waals surface area contributed by atoms with Crippen molar-refractivity contribution in [2.75, 3.05) is 11.9 Å². The molecule has 0 fully saturated rings. The molecule has 2 aliphatic rings. The standard InChI is InChI=1S/C47H34N2S2/c1-3-14-32(15-4-1)40-30-33(26-28-42(40)49-35-16-5-2-6-17-35)36-20-13-24-45-47(36)39-27-25-34(41-21-11-12-29-48-41)31-46(39)51-44-23-10-8-19-38(44)37-18-7-9-22-43(37)50-45/h1-28,30-31,48-49H,29H2. The van der Waals surface area contributed by atoms with Gasteiger partial charge in [0.25, 0.3) is 0 Å². The molecule has 0 saturated carbocycles. The zero-order valence-electron chi connectivity index (χ0n) is 27.8. The van der Waals surface area contributed by atoms with Gasteiger partial charge < -0.3 is 10.6 Å². The Bertz CT molecular complexity index is 2450. The Kier molecular flexibility index (Phi) is 8.54. The smallest absolute Gasteiger partial charge is 0.0464 e. The molecule has 0 radical (unpaired) electrons. The van der Waals surface area contributed by atoms with Crippen LogP contribution in [0, 0.1) is 0 Å². The zero-order valence-corrected chi connectivity index (χ0v) is 29.5. The second-order valence-corrected chi connectivity index (χ2v) is 14.8. The Balaban J connectivity index is 1.27. The summed E-state index contributed by atoms with van der Waals surface area (Å²) in [5.41, 5.74) is 14.2. The molecular weight excluding hydrogens is 657 g/mol. The van der Waals surface area contributed by atoms with Crippen molar-refractivity contribution < 1.29 is 0 Å². The SMILES string of the molecule is C1=CCNC(c2ccc3c(c2)Sc2ccccc2-c2ccccc2Sc2cccc(-c4ccc(Nc5ccccc5)c(-c5ccccc5)c4)c2-3)=C1. The Morgan fingerprint density at radius 1 is 0.451 bits per heavy atom. The van der Waals surface area contributed by atoms with Crippen LogP contribution < -0.4 is 10.6 Å². The van der Waals surface area contributed by atoms with Gasteiger partial charge in [0, 0.05) is 54.3 Å². The third-order valence-corrected chi connectivity index (χ3v) is 11.6. The highest BCUT2D eigenvalue weighted by molar-refractivity contribution is 8.00. The first-order valence-corrected chi connectivity index (χ1v) is 18.9. The summed E-state index contributed by atoms with van der Waals surface area (Å²) in [6.45, 7) is 0.832. The molecule has 4 heteroatoms. The average molecular weight is 691 g/mol. The van der Waals surface area contributed by atoms with Crippen LogP contribution in [0.15, 0.2) is 202 Å². The molecule has 9 rings (SSSR count). The van der Waals surface area contributed by atoms with Crippen molar-refractivity contribution in [2.45, 2.75) is 19.6 Å². The van der Waals surface area contributed by atoms with Gasteiger partial charge in [0.05, 0.1) is 0 Å². The topological polar surface area (TPSA) is 24.1 Å². The lowest BCUT2D eigenvalue weighted by molar-refractivity contribution is 0.994. The molecule has 0 unspecified atom stereocenters. The van der Waals surface area contributed by atoms with Gasteiger partial charge in [-0.1, -0.05) is 151 Å². The van der Waals surface area contributed by atoms with E-state index in [1.165, 1.54) is 64.1 Å².